The van der Waals surface area contributed by atoms with Gasteiger partial charge in [0.25, 0.3) is 0 Å². The number of carbonyl (C=O) groups excluding carboxylic acids is 1. The van der Waals surface area contributed by atoms with Crippen molar-refractivity contribution in [2.75, 3.05) is 13.1 Å². The molecule has 1 saturated heterocycles. The molecule has 1 fully saturated rings. The summed E-state index contributed by atoms with van der Waals surface area (Å²) in [5.41, 5.74) is -0.180. The quantitative estimate of drug-likeness (QED) is 0.693. The zero-order chi connectivity index (χ0) is 10.9. The first kappa shape index (κ1) is 10.7. The highest BCUT2D eigenvalue weighted by Crippen LogP contribution is 2.28. The molecule has 2 aliphatic heterocycles. The van der Waals surface area contributed by atoms with Gasteiger partial charge in [0, 0.05) is 6.08 Å². The molecule has 2 rings (SSSR count). The van der Waals surface area contributed by atoms with Crippen LogP contribution in [0.4, 0.5) is 0 Å². The molecule has 0 bridgehead atoms. The van der Waals surface area contributed by atoms with Crippen LogP contribution < -0.4 is 0 Å². The first-order valence-corrected chi connectivity index (χ1v) is 5.73. The second kappa shape index (κ2) is 3.97. The van der Waals surface area contributed by atoms with E-state index in [1.807, 2.05) is 0 Å². The number of piperidine rings is 1. The Morgan fingerprint density at radius 2 is 2.00 bits per heavy atom. The lowest BCUT2D eigenvalue weighted by atomic mass is 9.90. The lowest BCUT2D eigenvalue weighted by Gasteiger charge is -2.43. The average Bonchev–Trinajstić information content (AvgIpc) is 2.66. The third kappa shape index (κ3) is 1.93. The largest absolute Gasteiger partial charge is 0.488 e. The first-order valence-electron chi connectivity index (χ1n) is 5.73. The summed E-state index contributed by atoms with van der Waals surface area (Å²) in [6.07, 6.45) is 6.53. The van der Waals surface area contributed by atoms with Crippen LogP contribution in [0.3, 0.4) is 0 Å². The number of hydrogen-bond acceptors (Lipinski definition) is 3. The Hall–Kier alpha value is -0.830. The van der Waals surface area contributed by atoms with Gasteiger partial charge in [-0.2, -0.15) is 0 Å². The Balaban J connectivity index is 2.07. The molecule has 0 aromatic heterocycles. The fourth-order valence-corrected chi connectivity index (χ4v) is 2.49. The molecular weight excluding hydrogens is 190 g/mol. The highest BCUT2D eigenvalue weighted by atomic mass is 16.5. The molecule has 1 unspecified atom stereocenters. The van der Waals surface area contributed by atoms with E-state index in [1.54, 1.807) is 0 Å². The van der Waals surface area contributed by atoms with Crippen molar-refractivity contribution in [3.8, 4) is 0 Å². The van der Waals surface area contributed by atoms with E-state index in [-0.39, 0.29) is 17.4 Å². The predicted octanol–water partition coefficient (Wildman–Crippen LogP) is 1.73. The van der Waals surface area contributed by atoms with Gasteiger partial charge in [0.2, 0.25) is 5.78 Å². The minimum Gasteiger partial charge on any atom is -0.488 e. The van der Waals surface area contributed by atoms with E-state index < -0.39 is 0 Å². The monoisotopic (exact) mass is 209 g/mol. The fourth-order valence-electron chi connectivity index (χ4n) is 2.49. The standard InChI is InChI=1S/C12H19NO2/c1-12(2,11-10(14)6-9-15-11)13-7-4-3-5-8-13/h6,9,11H,3-5,7-8H2,1-2H3. The molecule has 2 heterocycles. The second-order valence-corrected chi connectivity index (χ2v) is 4.92. The smallest absolute Gasteiger partial charge is 0.201 e. The zero-order valence-electron chi connectivity index (χ0n) is 9.53. The summed E-state index contributed by atoms with van der Waals surface area (Å²) in [5, 5.41) is 0. The van der Waals surface area contributed by atoms with Gasteiger partial charge in [-0.1, -0.05) is 6.42 Å². The van der Waals surface area contributed by atoms with E-state index >= 15 is 0 Å². The first-order chi connectivity index (χ1) is 7.12. The molecule has 0 aromatic carbocycles. The zero-order valence-corrected chi connectivity index (χ0v) is 9.53. The van der Waals surface area contributed by atoms with Crippen LogP contribution in [0.1, 0.15) is 33.1 Å². The summed E-state index contributed by atoms with van der Waals surface area (Å²) in [6.45, 7) is 6.38. The SMILES string of the molecule is CC(C)(C1OC=CC1=O)N1CCCCC1. The summed E-state index contributed by atoms with van der Waals surface area (Å²) in [5.74, 6) is 0.102. The maximum atomic E-state index is 11.6. The molecule has 3 heteroatoms. The van der Waals surface area contributed by atoms with Crippen LogP contribution in [-0.2, 0) is 9.53 Å². The molecule has 0 amide bonds. The summed E-state index contributed by atoms with van der Waals surface area (Å²) in [4.78, 5) is 14.0. The Kier molecular flexibility index (Phi) is 2.83. The molecule has 0 saturated carbocycles. The van der Waals surface area contributed by atoms with Gasteiger partial charge >= 0.3 is 0 Å². The normalized spacial score (nSPS) is 28.1. The van der Waals surface area contributed by atoms with E-state index in [4.69, 9.17) is 4.74 Å². The lowest BCUT2D eigenvalue weighted by molar-refractivity contribution is -0.127. The van der Waals surface area contributed by atoms with Gasteiger partial charge in [-0.3, -0.25) is 9.69 Å². The van der Waals surface area contributed by atoms with Crippen molar-refractivity contribution >= 4 is 5.78 Å². The van der Waals surface area contributed by atoms with Gasteiger partial charge in [0.1, 0.15) is 0 Å². The van der Waals surface area contributed by atoms with E-state index in [0.29, 0.717) is 0 Å². The highest BCUT2D eigenvalue weighted by Gasteiger charge is 2.42. The van der Waals surface area contributed by atoms with Crippen molar-refractivity contribution in [3.63, 3.8) is 0 Å². The maximum absolute atomic E-state index is 11.6. The van der Waals surface area contributed by atoms with Gasteiger partial charge in [0.15, 0.2) is 6.10 Å². The van der Waals surface area contributed by atoms with Crippen LogP contribution in [-0.4, -0.2) is 35.4 Å². The molecule has 0 radical (unpaired) electrons. The van der Waals surface area contributed by atoms with Crippen LogP contribution >= 0.6 is 0 Å². The minimum atomic E-state index is -0.310. The van der Waals surface area contributed by atoms with Crippen molar-refractivity contribution in [2.24, 2.45) is 0 Å². The Labute approximate surface area is 91.1 Å². The van der Waals surface area contributed by atoms with Gasteiger partial charge in [-0.25, -0.2) is 0 Å². The Morgan fingerprint density at radius 3 is 2.53 bits per heavy atom. The molecule has 15 heavy (non-hydrogen) atoms. The number of ether oxygens (including phenoxy) is 1. The number of ketones is 1. The number of hydrogen-bond donors (Lipinski definition) is 0. The molecule has 0 aromatic rings. The molecule has 1 atom stereocenters. The van der Waals surface area contributed by atoms with Crippen molar-refractivity contribution in [3.05, 3.63) is 12.3 Å². The molecule has 0 N–H and O–H groups in total. The van der Waals surface area contributed by atoms with E-state index in [9.17, 15) is 4.79 Å². The molecule has 2 aliphatic rings. The molecule has 0 aliphatic carbocycles. The van der Waals surface area contributed by atoms with Crippen molar-refractivity contribution in [2.45, 2.75) is 44.8 Å². The third-order valence-electron chi connectivity index (χ3n) is 3.52. The minimum absolute atomic E-state index is 0.102. The lowest BCUT2D eigenvalue weighted by Crippen LogP contribution is -2.56. The summed E-state index contributed by atoms with van der Waals surface area (Å²) in [6, 6.07) is 0. The van der Waals surface area contributed by atoms with Crippen LogP contribution in [0.2, 0.25) is 0 Å². The molecule has 84 valence electrons. The number of likely N-dealkylation sites (tertiary alicyclic amines) is 1. The summed E-state index contributed by atoms with van der Waals surface area (Å²) >= 11 is 0. The van der Waals surface area contributed by atoms with Crippen LogP contribution in [0.25, 0.3) is 0 Å². The van der Waals surface area contributed by atoms with Crippen LogP contribution in [0.5, 0.6) is 0 Å². The summed E-state index contributed by atoms with van der Waals surface area (Å²) < 4.78 is 5.41. The highest BCUT2D eigenvalue weighted by molar-refractivity contribution is 5.96. The van der Waals surface area contributed by atoms with Gasteiger partial charge in [0.05, 0.1) is 11.8 Å². The number of carbonyl (C=O) groups is 1. The predicted molar refractivity (Wildman–Crippen MR) is 58.5 cm³/mol. The third-order valence-corrected chi connectivity index (χ3v) is 3.52. The van der Waals surface area contributed by atoms with Gasteiger partial charge in [-0.05, 0) is 39.8 Å². The Morgan fingerprint density at radius 1 is 1.33 bits per heavy atom. The topological polar surface area (TPSA) is 29.5 Å². The van der Waals surface area contributed by atoms with E-state index in [1.165, 1.54) is 31.6 Å². The Bertz CT molecular complexity index is 277. The van der Waals surface area contributed by atoms with Crippen LogP contribution in [0, 0.1) is 0 Å². The maximum Gasteiger partial charge on any atom is 0.201 e. The second-order valence-electron chi connectivity index (χ2n) is 4.92. The molecule has 3 nitrogen and oxygen atoms in total. The molecular formula is C12H19NO2. The number of rotatable bonds is 2. The van der Waals surface area contributed by atoms with Gasteiger partial charge in [-0.15, -0.1) is 0 Å². The summed E-state index contributed by atoms with van der Waals surface area (Å²) in [7, 11) is 0. The van der Waals surface area contributed by atoms with E-state index in [2.05, 4.69) is 18.7 Å². The van der Waals surface area contributed by atoms with Crippen molar-refractivity contribution in [1.29, 1.82) is 0 Å². The average molecular weight is 209 g/mol. The van der Waals surface area contributed by atoms with Crippen molar-refractivity contribution < 1.29 is 9.53 Å². The van der Waals surface area contributed by atoms with Crippen LogP contribution in [0.15, 0.2) is 12.3 Å². The number of nitrogens with zero attached hydrogens (tertiary/aromatic N) is 1. The fraction of sp³-hybridized carbons (Fsp3) is 0.750. The van der Waals surface area contributed by atoms with E-state index in [0.717, 1.165) is 13.1 Å². The molecule has 0 spiro atoms. The van der Waals surface area contributed by atoms with Crippen molar-refractivity contribution in [1.82, 2.24) is 4.90 Å². The van der Waals surface area contributed by atoms with Gasteiger partial charge < -0.3 is 4.74 Å².